The maximum Gasteiger partial charge on any atom is 0.407 e. The highest BCUT2D eigenvalue weighted by molar-refractivity contribution is 5.67. The van der Waals surface area contributed by atoms with Crippen molar-refractivity contribution in [2.45, 2.75) is 174 Å². The number of hydrogen-bond donors (Lipinski definition) is 2. The zero-order chi connectivity index (χ0) is 33.4. The Kier molecular flexibility index (Phi) is 39.4. The van der Waals surface area contributed by atoms with Crippen molar-refractivity contribution in [2.24, 2.45) is 5.73 Å². The van der Waals surface area contributed by atoms with Gasteiger partial charge in [0, 0.05) is 26.3 Å². The van der Waals surface area contributed by atoms with Gasteiger partial charge < -0.3 is 34.7 Å². The summed E-state index contributed by atoms with van der Waals surface area (Å²) in [5, 5.41) is 2.73. The van der Waals surface area contributed by atoms with E-state index in [0.717, 1.165) is 19.4 Å². The molecule has 276 valence electrons. The maximum atomic E-state index is 12.2. The molecule has 0 aromatic rings. The molecule has 1 unspecified atom stereocenters. The van der Waals surface area contributed by atoms with Crippen molar-refractivity contribution in [1.82, 2.24) is 5.32 Å². The van der Waals surface area contributed by atoms with Gasteiger partial charge >= 0.3 is 6.09 Å². The lowest BCUT2D eigenvalue weighted by Crippen LogP contribution is -2.33. The maximum absolute atomic E-state index is 12.2. The molecule has 0 aliphatic rings. The summed E-state index contributed by atoms with van der Waals surface area (Å²) >= 11 is 0. The Morgan fingerprint density at radius 2 is 0.935 bits per heavy atom. The summed E-state index contributed by atoms with van der Waals surface area (Å²) in [6.45, 7) is 9.39. The van der Waals surface area contributed by atoms with Crippen LogP contribution in [0.2, 0.25) is 0 Å². The number of carbonyl (C=O) groups excluding carboxylic acids is 1. The van der Waals surface area contributed by atoms with Crippen molar-refractivity contribution in [3.05, 3.63) is 0 Å². The van der Waals surface area contributed by atoms with E-state index >= 15 is 0 Å². The molecular formula is C38H78N2O6. The van der Waals surface area contributed by atoms with E-state index in [0.29, 0.717) is 52.7 Å². The Morgan fingerprint density at radius 1 is 0.500 bits per heavy atom. The lowest BCUT2D eigenvalue weighted by Gasteiger charge is -2.18. The van der Waals surface area contributed by atoms with E-state index in [1.807, 2.05) is 0 Å². The summed E-state index contributed by atoms with van der Waals surface area (Å²) in [7, 11) is 0. The average Bonchev–Trinajstić information content (AvgIpc) is 3.06. The molecule has 0 aliphatic carbocycles. The van der Waals surface area contributed by atoms with Gasteiger partial charge in [0.15, 0.2) is 0 Å². The molecule has 1 atom stereocenters. The van der Waals surface area contributed by atoms with Crippen LogP contribution in [-0.4, -0.2) is 78.1 Å². The van der Waals surface area contributed by atoms with E-state index in [1.165, 1.54) is 141 Å². The van der Waals surface area contributed by atoms with Gasteiger partial charge in [0.2, 0.25) is 0 Å². The molecule has 1 amide bonds. The third-order valence-electron chi connectivity index (χ3n) is 8.35. The summed E-state index contributed by atoms with van der Waals surface area (Å²) in [6.07, 6.45) is 31.1. The van der Waals surface area contributed by atoms with Crippen molar-refractivity contribution in [2.75, 3.05) is 65.9 Å². The molecule has 3 N–H and O–H groups in total. The first-order chi connectivity index (χ1) is 22.7. The lowest BCUT2D eigenvalue weighted by atomic mass is 10.1. The number of carbonyl (C=O) groups is 1. The minimum Gasteiger partial charge on any atom is -0.447 e. The van der Waals surface area contributed by atoms with E-state index in [4.69, 9.17) is 29.4 Å². The first kappa shape index (κ1) is 45.1. The van der Waals surface area contributed by atoms with Crippen LogP contribution in [0.15, 0.2) is 0 Å². The van der Waals surface area contributed by atoms with Crippen LogP contribution in [0.5, 0.6) is 0 Å². The van der Waals surface area contributed by atoms with Crippen LogP contribution in [-0.2, 0) is 23.7 Å². The van der Waals surface area contributed by atoms with E-state index in [9.17, 15) is 4.79 Å². The van der Waals surface area contributed by atoms with Crippen LogP contribution < -0.4 is 11.1 Å². The highest BCUT2D eigenvalue weighted by Crippen LogP contribution is 2.13. The fourth-order valence-electron chi connectivity index (χ4n) is 5.45. The second-order valence-electron chi connectivity index (χ2n) is 12.9. The molecule has 0 bridgehead atoms. The topological polar surface area (TPSA) is 101 Å². The summed E-state index contributed by atoms with van der Waals surface area (Å²) in [5.74, 6) is 0. The molecule has 0 saturated heterocycles. The Morgan fingerprint density at radius 3 is 1.41 bits per heavy atom. The first-order valence-corrected chi connectivity index (χ1v) is 19.7. The smallest absolute Gasteiger partial charge is 0.407 e. The van der Waals surface area contributed by atoms with Crippen LogP contribution in [0.4, 0.5) is 4.79 Å². The van der Waals surface area contributed by atoms with Crippen molar-refractivity contribution in [1.29, 1.82) is 0 Å². The molecule has 0 rings (SSSR count). The number of ether oxygens (including phenoxy) is 5. The third-order valence-corrected chi connectivity index (χ3v) is 8.35. The number of nitrogens with two attached hydrogens (primary N) is 1. The zero-order valence-corrected chi connectivity index (χ0v) is 30.6. The fourth-order valence-corrected chi connectivity index (χ4v) is 5.45. The highest BCUT2D eigenvalue weighted by atomic mass is 16.6. The Bertz CT molecular complexity index is 583. The fraction of sp³-hybridized carbons (Fsp3) is 0.974. The minimum atomic E-state index is -0.456. The Hall–Kier alpha value is -0.930. The van der Waals surface area contributed by atoms with E-state index in [1.54, 1.807) is 0 Å². The van der Waals surface area contributed by atoms with Crippen molar-refractivity contribution in [3.63, 3.8) is 0 Å². The monoisotopic (exact) mass is 659 g/mol. The number of unbranched alkanes of at least 4 members (excludes halogenated alkanes) is 22. The van der Waals surface area contributed by atoms with Gasteiger partial charge in [-0.1, -0.05) is 155 Å². The molecule has 0 heterocycles. The quantitative estimate of drug-likeness (QED) is 0.0634. The highest BCUT2D eigenvalue weighted by Gasteiger charge is 2.13. The lowest BCUT2D eigenvalue weighted by molar-refractivity contribution is -0.0469. The largest absolute Gasteiger partial charge is 0.447 e. The van der Waals surface area contributed by atoms with Gasteiger partial charge in [0.05, 0.1) is 33.0 Å². The van der Waals surface area contributed by atoms with Crippen LogP contribution in [0, 0.1) is 0 Å². The summed E-state index contributed by atoms with van der Waals surface area (Å²) in [6, 6.07) is 0. The number of rotatable bonds is 39. The van der Waals surface area contributed by atoms with Gasteiger partial charge in [0.25, 0.3) is 0 Å². The van der Waals surface area contributed by atoms with Gasteiger partial charge in [-0.05, 0) is 12.8 Å². The van der Waals surface area contributed by atoms with Crippen molar-refractivity contribution >= 4 is 6.09 Å². The summed E-state index contributed by atoms with van der Waals surface area (Å²) in [5.41, 5.74) is 5.39. The van der Waals surface area contributed by atoms with Crippen LogP contribution >= 0.6 is 0 Å². The van der Waals surface area contributed by atoms with Gasteiger partial charge in [-0.15, -0.1) is 0 Å². The standard InChI is InChI=1S/C38H78N2O6/c1-3-5-7-9-11-13-15-17-19-21-23-25-29-44-35-37(36-46-38(41)40-28-32-43-34-33-42-31-27-39)45-30-26-24-22-20-18-16-14-12-10-8-6-4-2/h37H,3-36,39H2,1-2H3,(H,40,41). The SMILES string of the molecule is CCCCCCCCCCCCCCOCC(COC(=O)NCCOCCOCCN)OCCCCCCCCCCCCCC. The normalized spacial score (nSPS) is 12.1. The summed E-state index contributed by atoms with van der Waals surface area (Å²) < 4.78 is 28.2. The molecule has 0 aromatic heterocycles. The van der Waals surface area contributed by atoms with Crippen LogP contribution in [0.3, 0.4) is 0 Å². The van der Waals surface area contributed by atoms with E-state index < -0.39 is 6.09 Å². The number of nitrogens with one attached hydrogen (secondary N) is 1. The van der Waals surface area contributed by atoms with Gasteiger partial charge in [0.1, 0.15) is 12.7 Å². The predicted molar refractivity (Wildman–Crippen MR) is 193 cm³/mol. The number of amides is 1. The molecule has 0 aromatic carbocycles. The predicted octanol–water partition coefficient (Wildman–Crippen LogP) is 9.51. The van der Waals surface area contributed by atoms with Crippen molar-refractivity contribution in [3.8, 4) is 0 Å². The molecule has 46 heavy (non-hydrogen) atoms. The second-order valence-corrected chi connectivity index (χ2v) is 12.9. The second kappa shape index (κ2) is 40.2. The minimum absolute atomic E-state index is 0.191. The van der Waals surface area contributed by atoms with Gasteiger partial charge in [-0.3, -0.25) is 0 Å². The Labute approximate surface area is 285 Å². The molecule has 0 fully saturated rings. The molecule has 0 radical (unpaired) electrons. The molecule has 0 spiro atoms. The zero-order valence-electron chi connectivity index (χ0n) is 30.6. The van der Waals surface area contributed by atoms with Crippen LogP contribution in [0.1, 0.15) is 168 Å². The molecule has 8 nitrogen and oxygen atoms in total. The number of alkyl carbamates (subject to hydrolysis) is 1. The van der Waals surface area contributed by atoms with Crippen molar-refractivity contribution < 1.29 is 28.5 Å². The van der Waals surface area contributed by atoms with Crippen LogP contribution in [0.25, 0.3) is 0 Å². The molecular weight excluding hydrogens is 580 g/mol. The third kappa shape index (κ3) is 37.5. The first-order valence-electron chi connectivity index (χ1n) is 19.7. The number of hydrogen-bond acceptors (Lipinski definition) is 7. The van der Waals surface area contributed by atoms with E-state index in [-0.39, 0.29) is 12.7 Å². The molecule has 8 heteroatoms. The Balaban J connectivity index is 4.03. The van der Waals surface area contributed by atoms with E-state index in [2.05, 4.69) is 19.2 Å². The molecule has 0 aliphatic heterocycles. The van der Waals surface area contributed by atoms with Gasteiger partial charge in [-0.25, -0.2) is 4.79 Å². The summed E-state index contributed by atoms with van der Waals surface area (Å²) in [4.78, 5) is 12.2. The average molecular weight is 659 g/mol. The van der Waals surface area contributed by atoms with Gasteiger partial charge in [-0.2, -0.15) is 0 Å². The molecule has 0 saturated carbocycles.